The molecule has 1 rings (SSSR count). The van der Waals surface area contributed by atoms with Crippen LogP contribution in [0.3, 0.4) is 0 Å². The molecule has 0 aliphatic carbocycles. The third-order valence-electron chi connectivity index (χ3n) is 3.69. The zero-order valence-corrected chi connectivity index (χ0v) is 15.0. The first kappa shape index (κ1) is 20.4. The highest BCUT2D eigenvalue weighted by atomic mass is 16.6. The van der Waals surface area contributed by atoms with Gasteiger partial charge in [0.05, 0.1) is 13.2 Å². The minimum Gasteiger partial charge on any atom is -0.463 e. The molecule has 1 fully saturated rings. The maximum absolute atomic E-state index is 12.4. The number of amides is 2. The number of esters is 1. The third-order valence-corrected chi connectivity index (χ3v) is 3.69. The molecule has 1 heterocycles. The van der Waals surface area contributed by atoms with Gasteiger partial charge in [-0.05, 0) is 25.7 Å². The van der Waals surface area contributed by atoms with Gasteiger partial charge in [0, 0.05) is 7.11 Å². The molecule has 2 amide bonds. The Balaban J connectivity index is 2.77. The van der Waals surface area contributed by atoms with E-state index >= 15 is 0 Å². The van der Waals surface area contributed by atoms with E-state index in [4.69, 9.17) is 14.2 Å². The Kier molecular flexibility index (Phi) is 7.62. The molecule has 1 unspecified atom stereocenters. The number of ether oxygens (including phenoxy) is 3. The van der Waals surface area contributed by atoms with Gasteiger partial charge < -0.3 is 24.8 Å². The van der Waals surface area contributed by atoms with Crippen molar-refractivity contribution < 1.29 is 28.6 Å². The fraction of sp³-hybridized carbons (Fsp3) is 0.812. The van der Waals surface area contributed by atoms with Crippen LogP contribution in [0, 0.1) is 5.92 Å². The van der Waals surface area contributed by atoms with E-state index in [-0.39, 0.29) is 25.0 Å². The summed E-state index contributed by atoms with van der Waals surface area (Å²) in [6, 6.07) is -0.780. The standard InChI is InChI=1S/C16H28N2O6/c1-6-12(22-5)18-13(19)11(8-10(3)4)17-14(20)16(9-24-16)15(21)23-7-2/h10-12H,6-9H2,1-5H3,(H,17,20)(H,18,19)/t11-,12?,16-/m0/s1. The largest absolute Gasteiger partial charge is 0.463 e. The highest BCUT2D eigenvalue weighted by Crippen LogP contribution is 2.29. The highest BCUT2D eigenvalue weighted by molar-refractivity contribution is 6.09. The van der Waals surface area contributed by atoms with E-state index in [2.05, 4.69) is 10.6 Å². The number of carbonyl (C=O) groups excluding carboxylic acids is 3. The van der Waals surface area contributed by atoms with Crippen LogP contribution in [0.2, 0.25) is 0 Å². The smallest absolute Gasteiger partial charge is 0.350 e. The second kappa shape index (κ2) is 8.98. The molecule has 138 valence electrons. The summed E-state index contributed by atoms with van der Waals surface area (Å²) in [5.74, 6) is -1.56. The molecule has 3 atom stereocenters. The molecule has 0 spiro atoms. The van der Waals surface area contributed by atoms with Crippen molar-refractivity contribution in [1.82, 2.24) is 10.6 Å². The van der Waals surface area contributed by atoms with Crippen LogP contribution in [0.1, 0.15) is 40.5 Å². The second-order valence-electron chi connectivity index (χ2n) is 6.13. The molecule has 8 nitrogen and oxygen atoms in total. The van der Waals surface area contributed by atoms with Crippen molar-refractivity contribution in [3.8, 4) is 0 Å². The molecule has 0 aromatic carbocycles. The van der Waals surface area contributed by atoms with Crippen LogP contribution in [0.15, 0.2) is 0 Å². The minimum absolute atomic E-state index is 0.0384. The summed E-state index contributed by atoms with van der Waals surface area (Å²) >= 11 is 0. The van der Waals surface area contributed by atoms with E-state index in [0.29, 0.717) is 12.8 Å². The number of rotatable bonds is 10. The molecule has 0 bridgehead atoms. The molecular formula is C16H28N2O6. The Bertz CT molecular complexity index is 457. The molecular weight excluding hydrogens is 316 g/mol. The van der Waals surface area contributed by atoms with E-state index in [1.165, 1.54) is 7.11 Å². The molecule has 8 heteroatoms. The summed E-state index contributed by atoms with van der Waals surface area (Å²) in [6.07, 6.45) is 0.595. The molecule has 24 heavy (non-hydrogen) atoms. The van der Waals surface area contributed by atoms with Crippen LogP contribution in [0.5, 0.6) is 0 Å². The van der Waals surface area contributed by atoms with Crippen LogP contribution in [-0.4, -0.2) is 56.0 Å². The monoisotopic (exact) mass is 344 g/mol. The van der Waals surface area contributed by atoms with Crippen molar-refractivity contribution in [2.24, 2.45) is 5.92 Å². The number of hydrogen-bond donors (Lipinski definition) is 2. The number of epoxide rings is 1. The minimum atomic E-state index is -1.61. The molecule has 2 N–H and O–H groups in total. The lowest BCUT2D eigenvalue weighted by Crippen LogP contribution is -2.55. The van der Waals surface area contributed by atoms with Crippen molar-refractivity contribution in [2.45, 2.75) is 58.4 Å². The van der Waals surface area contributed by atoms with Gasteiger partial charge in [0.2, 0.25) is 5.91 Å². The summed E-state index contributed by atoms with van der Waals surface area (Å²) in [5.41, 5.74) is -1.61. The fourth-order valence-electron chi connectivity index (χ4n) is 2.23. The van der Waals surface area contributed by atoms with Crippen LogP contribution < -0.4 is 10.6 Å². The van der Waals surface area contributed by atoms with E-state index in [9.17, 15) is 14.4 Å². The maximum Gasteiger partial charge on any atom is 0.350 e. The molecule has 0 aromatic rings. The summed E-state index contributed by atoms with van der Waals surface area (Å²) in [7, 11) is 1.50. The number of carbonyl (C=O) groups is 3. The zero-order valence-electron chi connectivity index (χ0n) is 15.0. The summed E-state index contributed by atoms with van der Waals surface area (Å²) < 4.78 is 15.0. The highest BCUT2D eigenvalue weighted by Gasteiger charge is 2.61. The first-order valence-corrected chi connectivity index (χ1v) is 8.26. The van der Waals surface area contributed by atoms with E-state index in [1.54, 1.807) is 6.92 Å². The van der Waals surface area contributed by atoms with Crippen molar-refractivity contribution >= 4 is 17.8 Å². The lowest BCUT2D eigenvalue weighted by atomic mass is 10.0. The Labute approximate surface area is 142 Å². The Hall–Kier alpha value is -1.67. The lowest BCUT2D eigenvalue weighted by molar-refractivity contribution is -0.154. The predicted molar refractivity (Wildman–Crippen MR) is 85.9 cm³/mol. The molecule has 0 saturated carbocycles. The Morgan fingerprint density at radius 1 is 1.21 bits per heavy atom. The van der Waals surface area contributed by atoms with Gasteiger partial charge >= 0.3 is 5.97 Å². The maximum atomic E-state index is 12.4. The number of nitrogens with one attached hydrogen (secondary N) is 2. The number of hydrogen-bond acceptors (Lipinski definition) is 6. The van der Waals surface area contributed by atoms with Crippen LogP contribution in [-0.2, 0) is 28.6 Å². The quantitative estimate of drug-likeness (QED) is 0.256. The van der Waals surface area contributed by atoms with Crippen molar-refractivity contribution in [2.75, 3.05) is 20.3 Å². The van der Waals surface area contributed by atoms with Crippen LogP contribution >= 0.6 is 0 Å². The van der Waals surface area contributed by atoms with E-state index < -0.39 is 29.7 Å². The average Bonchev–Trinajstić information content (AvgIpc) is 3.33. The molecule has 0 aromatic heterocycles. The SMILES string of the molecule is CCOC(=O)[C@@]1(C(=O)N[C@@H](CC(C)C)C(=O)NC(CC)OC)CO1. The van der Waals surface area contributed by atoms with Crippen molar-refractivity contribution in [3.63, 3.8) is 0 Å². The van der Waals surface area contributed by atoms with Gasteiger partial charge in [-0.2, -0.15) is 0 Å². The average molecular weight is 344 g/mol. The number of methoxy groups -OCH3 is 1. The Morgan fingerprint density at radius 3 is 2.25 bits per heavy atom. The van der Waals surface area contributed by atoms with E-state index in [1.807, 2.05) is 20.8 Å². The first-order valence-electron chi connectivity index (χ1n) is 8.26. The normalized spacial score (nSPS) is 21.8. The summed E-state index contributed by atoms with van der Waals surface area (Å²) in [4.78, 5) is 36.7. The van der Waals surface area contributed by atoms with Gasteiger partial charge in [0.15, 0.2) is 0 Å². The van der Waals surface area contributed by atoms with Gasteiger partial charge in [0.25, 0.3) is 11.5 Å². The fourth-order valence-corrected chi connectivity index (χ4v) is 2.23. The van der Waals surface area contributed by atoms with Gasteiger partial charge in [-0.15, -0.1) is 0 Å². The van der Waals surface area contributed by atoms with Gasteiger partial charge in [0.1, 0.15) is 12.3 Å². The second-order valence-corrected chi connectivity index (χ2v) is 6.13. The van der Waals surface area contributed by atoms with Crippen molar-refractivity contribution in [3.05, 3.63) is 0 Å². The molecule has 1 saturated heterocycles. The Morgan fingerprint density at radius 2 is 1.83 bits per heavy atom. The first-order chi connectivity index (χ1) is 11.3. The van der Waals surface area contributed by atoms with Gasteiger partial charge in [-0.3, -0.25) is 9.59 Å². The molecule has 1 aliphatic heterocycles. The zero-order chi connectivity index (χ0) is 18.3. The van der Waals surface area contributed by atoms with E-state index in [0.717, 1.165) is 0 Å². The summed E-state index contributed by atoms with van der Waals surface area (Å²) in [5, 5.41) is 5.33. The van der Waals surface area contributed by atoms with Gasteiger partial charge in [-0.25, -0.2) is 4.79 Å². The topological polar surface area (TPSA) is 106 Å². The molecule has 1 aliphatic rings. The van der Waals surface area contributed by atoms with Crippen molar-refractivity contribution in [1.29, 1.82) is 0 Å². The van der Waals surface area contributed by atoms with Gasteiger partial charge in [-0.1, -0.05) is 20.8 Å². The van der Waals surface area contributed by atoms with Crippen LogP contribution in [0.4, 0.5) is 0 Å². The summed E-state index contributed by atoms with van der Waals surface area (Å²) in [6.45, 7) is 7.51. The van der Waals surface area contributed by atoms with Crippen LogP contribution in [0.25, 0.3) is 0 Å². The molecule has 0 radical (unpaired) electrons. The third kappa shape index (κ3) is 5.17. The predicted octanol–water partition coefficient (Wildman–Crippen LogP) is 0.348. The lowest BCUT2D eigenvalue weighted by Gasteiger charge is -2.24.